The maximum Gasteiger partial charge on any atom is 0.264 e. The average molecular weight is 529 g/mol. The molecule has 0 aliphatic heterocycles. The van der Waals surface area contributed by atoms with Crippen molar-refractivity contribution in [1.82, 2.24) is 5.32 Å². The fourth-order valence-electron chi connectivity index (χ4n) is 3.69. The summed E-state index contributed by atoms with van der Waals surface area (Å²) < 4.78 is 49.8. The number of amides is 1. The number of carbonyl (C=O) groups excluding carboxylic acids is 1. The first-order valence-corrected chi connectivity index (χ1v) is 13.1. The standard InChI is InChI=1S/C27H32N2O7S/c1-6-36-23-13-9-21(10-14-23)29(37(31,32)24-15-16-25(34-4)26(17-24)35-5)18-27(30)28-19(2)20-7-11-22(33-3)12-8-20/h7-17,19H,6,18H2,1-5H3,(H,28,30). The SMILES string of the molecule is CCOc1ccc(N(CC(=O)NC(C)c2ccc(OC)cc2)S(=O)(=O)c2ccc(OC)c(OC)c2)cc1. The largest absolute Gasteiger partial charge is 0.497 e. The summed E-state index contributed by atoms with van der Waals surface area (Å²) in [5, 5.41) is 2.87. The van der Waals surface area contributed by atoms with Gasteiger partial charge >= 0.3 is 0 Å². The molecule has 3 aromatic rings. The van der Waals surface area contributed by atoms with Crippen LogP contribution >= 0.6 is 0 Å². The van der Waals surface area contributed by atoms with Crippen molar-refractivity contribution in [1.29, 1.82) is 0 Å². The Bertz CT molecular complexity index is 1290. The van der Waals surface area contributed by atoms with E-state index in [1.54, 1.807) is 43.5 Å². The Morgan fingerprint density at radius 3 is 2.05 bits per heavy atom. The van der Waals surface area contributed by atoms with Gasteiger partial charge in [-0.05, 0) is 67.9 Å². The number of ether oxygens (including phenoxy) is 4. The first kappa shape index (κ1) is 27.7. The minimum absolute atomic E-state index is 0.0463. The molecule has 0 saturated heterocycles. The fraction of sp³-hybridized carbons (Fsp3) is 0.296. The molecule has 0 aromatic heterocycles. The maximum absolute atomic E-state index is 13.8. The monoisotopic (exact) mass is 528 g/mol. The quantitative estimate of drug-likeness (QED) is 0.376. The van der Waals surface area contributed by atoms with E-state index in [1.165, 1.54) is 32.4 Å². The second kappa shape index (κ2) is 12.4. The van der Waals surface area contributed by atoms with E-state index in [1.807, 2.05) is 26.0 Å². The third-order valence-electron chi connectivity index (χ3n) is 5.66. The molecule has 1 atom stereocenters. The molecule has 0 aliphatic carbocycles. The molecule has 0 saturated carbocycles. The van der Waals surface area contributed by atoms with Crippen LogP contribution in [-0.4, -0.2) is 48.8 Å². The van der Waals surface area contributed by atoms with Gasteiger partial charge < -0.3 is 24.3 Å². The number of anilines is 1. The van der Waals surface area contributed by atoms with Crippen molar-refractivity contribution in [3.63, 3.8) is 0 Å². The molecule has 3 rings (SSSR count). The Balaban J connectivity index is 1.92. The van der Waals surface area contributed by atoms with Gasteiger partial charge in [-0.25, -0.2) is 8.42 Å². The predicted molar refractivity (Wildman–Crippen MR) is 141 cm³/mol. The number of methoxy groups -OCH3 is 3. The summed E-state index contributed by atoms with van der Waals surface area (Å²) in [6, 6.07) is 17.7. The summed E-state index contributed by atoms with van der Waals surface area (Å²) in [7, 11) is 0.304. The van der Waals surface area contributed by atoms with Crippen molar-refractivity contribution in [2.75, 3.05) is 38.8 Å². The molecule has 10 heteroatoms. The number of nitrogens with one attached hydrogen (secondary N) is 1. The third kappa shape index (κ3) is 6.65. The average Bonchev–Trinajstić information content (AvgIpc) is 2.91. The molecule has 3 aromatic carbocycles. The van der Waals surface area contributed by atoms with Gasteiger partial charge in [-0.2, -0.15) is 0 Å². The van der Waals surface area contributed by atoms with Crippen LogP contribution in [-0.2, 0) is 14.8 Å². The van der Waals surface area contributed by atoms with Gasteiger partial charge in [-0.1, -0.05) is 12.1 Å². The van der Waals surface area contributed by atoms with E-state index in [4.69, 9.17) is 18.9 Å². The number of carbonyl (C=O) groups is 1. The lowest BCUT2D eigenvalue weighted by Gasteiger charge is -2.25. The Hall–Kier alpha value is -3.92. The number of rotatable bonds is 12. The van der Waals surface area contributed by atoms with Crippen molar-refractivity contribution >= 4 is 21.6 Å². The topological polar surface area (TPSA) is 103 Å². The van der Waals surface area contributed by atoms with Crippen LogP contribution in [0.4, 0.5) is 5.69 Å². The summed E-state index contributed by atoms with van der Waals surface area (Å²) in [4.78, 5) is 13.0. The second-order valence-corrected chi connectivity index (χ2v) is 9.88. The van der Waals surface area contributed by atoms with Gasteiger partial charge in [0.2, 0.25) is 5.91 Å². The third-order valence-corrected chi connectivity index (χ3v) is 7.43. The van der Waals surface area contributed by atoms with Crippen LogP contribution in [0.2, 0.25) is 0 Å². The van der Waals surface area contributed by atoms with Crippen molar-refractivity contribution in [3.8, 4) is 23.0 Å². The van der Waals surface area contributed by atoms with E-state index < -0.39 is 22.5 Å². The Kier molecular flexibility index (Phi) is 9.24. The maximum atomic E-state index is 13.8. The summed E-state index contributed by atoms with van der Waals surface area (Å²) in [5.74, 6) is 1.46. The Labute approximate surface area is 218 Å². The number of nitrogens with zero attached hydrogens (tertiary/aromatic N) is 1. The minimum atomic E-state index is -4.16. The van der Waals surface area contributed by atoms with Gasteiger partial charge in [0.25, 0.3) is 10.0 Å². The number of benzene rings is 3. The predicted octanol–water partition coefficient (Wildman–Crippen LogP) is 4.18. The lowest BCUT2D eigenvalue weighted by molar-refractivity contribution is -0.120. The minimum Gasteiger partial charge on any atom is -0.497 e. The van der Waals surface area contributed by atoms with Crippen LogP contribution in [0.1, 0.15) is 25.5 Å². The molecule has 0 spiro atoms. The zero-order valence-electron chi connectivity index (χ0n) is 21.6. The fourth-order valence-corrected chi connectivity index (χ4v) is 5.12. The van der Waals surface area contributed by atoms with E-state index in [0.717, 1.165) is 9.87 Å². The van der Waals surface area contributed by atoms with Crippen molar-refractivity contribution < 1.29 is 32.2 Å². The molecule has 198 valence electrons. The van der Waals surface area contributed by atoms with Crippen LogP contribution in [0.25, 0.3) is 0 Å². The van der Waals surface area contributed by atoms with E-state index in [9.17, 15) is 13.2 Å². The zero-order valence-corrected chi connectivity index (χ0v) is 22.4. The van der Waals surface area contributed by atoms with Crippen LogP contribution in [0.15, 0.2) is 71.6 Å². The van der Waals surface area contributed by atoms with Crippen LogP contribution in [0.5, 0.6) is 23.0 Å². The van der Waals surface area contributed by atoms with Gasteiger partial charge in [0.05, 0.1) is 44.6 Å². The van der Waals surface area contributed by atoms with E-state index in [-0.39, 0.29) is 16.7 Å². The Morgan fingerprint density at radius 1 is 0.865 bits per heavy atom. The van der Waals surface area contributed by atoms with Crippen LogP contribution < -0.4 is 28.6 Å². The Morgan fingerprint density at radius 2 is 1.49 bits per heavy atom. The molecule has 0 bridgehead atoms. The first-order chi connectivity index (χ1) is 17.7. The molecule has 1 N–H and O–H groups in total. The molecule has 9 nitrogen and oxygen atoms in total. The second-order valence-electron chi connectivity index (χ2n) is 8.02. The normalized spacial score (nSPS) is 11.8. The van der Waals surface area contributed by atoms with Crippen molar-refractivity contribution in [3.05, 3.63) is 72.3 Å². The van der Waals surface area contributed by atoms with Gasteiger partial charge in [-0.3, -0.25) is 9.10 Å². The van der Waals surface area contributed by atoms with Gasteiger partial charge in [0, 0.05) is 6.07 Å². The van der Waals surface area contributed by atoms with Gasteiger partial charge in [0.1, 0.15) is 18.0 Å². The lowest BCUT2D eigenvalue weighted by Crippen LogP contribution is -2.41. The molecule has 1 unspecified atom stereocenters. The van der Waals surface area contributed by atoms with Crippen LogP contribution in [0, 0.1) is 0 Å². The molecule has 37 heavy (non-hydrogen) atoms. The van der Waals surface area contributed by atoms with Crippen molar-refractivity contribution in [2.45, 2.75) is 24.8 Å². The van der Waals surface area contributed by atoms with E-state index in [0.29, 0.717) is 29.5 Å². The molecular formula is C27H32N2O7S. The van der Waals surface area contributed by atoms with Crippen molar-refractivity contribution in [2.24, 2.45) is 0 Å². The molecule has 0 heterocycles. The highest BCUT2D eigenvalue weighted by molar-refractivity contribution is 7.92. The van der Waals surface area contributed by atoms with E-state index >= 15 is 0 Å². The molecule has 0 aliphatic rings. The molecular weight excluding hydrogens is 496 g/mol. The first-order valence-electron chi connectivity index (χ1n) is 11.6. The highest BCUT2D eigenvalue weighted by Gasteiger charge is 2.29. The van der Waals surface area contributed by atoms with Crippen LogP contribution in [0.3, 0.4) is 0 Å². The molecule has 0 fully saturated rings. The highest BCUT2D eigenvalue weighted by Crippen LogP contribution is 2.32. The number of sulfonamides is 1. The van der Waals surface area contributed by atoms with Gasteiger partial charge in [-0.15, -0.1) is 0 Å². The number of hydrogen-bond donors (Lipinski definition) is 1. The molecule has 0 radical (unpaired) electrons. The summed E-state index contributed by atoms with van der Waals surface area (Å²) >= 11 is 0. The molecule has 1 amide bonds. The smallest absolute Gasteiger partial charge is 0.264 e. The summed E-state index contributed by atoms with van der Waals surface area (Å²) in [5.41, 5.74) is 1.16. The highest BCUT2D eigenvalue weighted by atomic mass is 32.2. The zero-order chi connectivity index (χ0) is 27.0. The van der Waals surface area contributed by atoms with Gasteiger partial charge in [0.15, 0.2) is 11.5 Å². The lowest BCUT2D eigenvalue weighted by atomic mass is 10.1. The summed E-state index contributed by atoms with van der Waals surface area (Å²) in [6.45, 7) is 3.71. The summed E-state index contributed by atoms with van der Waals surface area (Å²) in [6.07, 6.45) is 0. The van der Waals surface area contributed by atoms with E-state index in [2.05, 4.69) is 5.32 Å². The number of hydrogen-bond acceptors (Lipinski definition) is 7.